The molecule has 3 aromatic carbocycles. The van der Waals surface area contributed by atoms with Gasteiger partial charge in [0.2, 0.25) is 0 Å². The molecule has 0 saturated heterocycles. The van der Waals surface area contributed by atoms with Crippen LogP contribution in [0.25, 0.3) is 11.6 Å². The van der Waals surface area contributed by atoms with Crippen LogP contribution in [0.15, 0.2) is 78.9 Å². The van der Waals surface area contributed by atoms with Crippen molar-refractivity contribution in [2.45, 2.75) is 13.0 Å². The normalized spacial score (nSPS) is 12.2. The monoisotopic (exact) mass is 387 g/mol. The third-order valence-corrected chi connectivity index (χ3v) is 4.70. The summed E-state index contributed by atoms with van der Waals surface area (Å²) in [5.74, 6) is 1.15. The zero-order chi connectivity index (χ0) is 20.6. The number of carbonyl (C=O) groups excluding carboxylic acids is 1. The first kappa shape index (κ1) is 20.2. The van der Waals surface area contributed by atoms with Gasteiger partial charge < -0.3 is 14.8 Å². The van der Waals surface area contributed by atoms with Crippen molar-refractivity contribution >= 4 is 17.6 Å². The van der Waals surface area contributed by atoms with E-state index < -0.39 is 0 Å². The summed E-state index contributed by atoms with van der Waals surface area (Å²) in [5.41, 5.74) is 3.39. The van der Waals surface area contributed by atoms with Gasteiger partial charge in [-0.2, -0.15) is 0 Å². The minimum Gasteiger partial charge on any atom is -0.493 e. The molecule has 0 spiro atoms. The molecule has 3 aromatic rings. The molecule has 0 bridgehead atoms. The third kappa shape index (κ3) is 5.05. The second kappa shape index (κ2) is 9.60. The lowest BCUT2D eigenvalue weighted by Crippen LogP contribution is -2.27. The van der Waals surface area contributed by atoms with Gasteiger partial charge in [0.15, 0.2) is 11.5 Å². The minimum absolute atomic E-state index is 0.137. The van der Waals surface area contributed by atoms with Crippen molar-refractivity contribution in [3.8, 4) is 11.5 Å². The smallest absolute Gasteiger partial charge is 0.252 e. The van der Waals surface area contributed by atoms with Gasteiger partial charge in [-0.05, 0) is 41.8 Å². The number of hydrogen-bond donors (Lipinski definition) is 1. The molecule has 0 heterocycles. The van der Waals surface area contributed by atoms with Crippen LogP contribution in [0.2, 0.25) is 0 Å². The van der Waals surface area contributed by atoms with E-state index in [4.69, 9.17) is 9.47 Å². The van der Waals surface area contributed by atoms with E-state index in [0.717, 1.165) is 16.7 Å². The Morgan fingerprint density at radius 3 is 2.10 bits per heavy atom. The van der Waals surface area contributed by atoms with Crippen LogP contribution in [-0.4, -0.2) is 20.1 Å². The Kier molecular flexibility index (Phi) is 6.69. The molecule has 4 heteroatoms. The van der Waals surface area contributed by atoms with Crippen LogP contribution in [0.5, 0.6) is 11.5 Å². The number of ether oxygens (including phenoxy) is 2. The number of hydrogen-bond acceptors (Lipinski definition) is 3. The number of nitrogens with one attached hydrogen (secondary N) is 1. The molecule has 3 rings (SSSR count). The second-order valence-electron chi connectivity index (χ2n) is 6.64. The van der Waals surface area contributed by atoms with Crippen molar-refractivity contribution < 1.29 is 14.3 Å². The largest absolute Gasteiger partial charge is 0.493 e. The molecule has 1 unspecified atom stereocenters. The van der Waals surface area contributed by atoms with Gasteiger partial charge in [0.05, 0.1) is 20.3 Å². The highest BCUT2D eigenvalue weighted by Crippen LogP contribution is 2.30. The van der Waals surface area contributed by atoms with E-state index in [1.54, 1.807) is 14.2 Å². The van der Waals surface area contributed by atoms with Gasteiger partial charge in [0.25, 0.3) is 5.91 Å². The van der Waals surface area contributed by atoms with Crippen LogP contribution < -0.4 is 14.8 Å². The molecule has 29 heavy (non-hydrogen) atoms. The summed E-state index contributed by atoms with van der Waals surface area (Å²) >= 11 is 0. The lowest BCUT2D eigenvalue weighted by Gasteiger charge is -2.18. The van der Waals surface area contributed by atoms with Crippen molar-refractivity contribution in [2.24, 2.45) is 0 Å². The number of carbonyl (C=O) groups is 1. The molecule has 0 aliphatic rings. The molecular weight excluding hydrogens is 362 g/mol. The summed E-state index contributed by atoms with van der Waals surface area (Å²) in [5, 5.41) is 3.10. The molecule has 148 valence electrons. The Labute approximate surface area is 171 Å². The molecule has 1 N–H and O–H groups in total. The quantitative estimate of drug-likeness (QED) is 0.452. The molecule has 1 amide bonds. The van der Waals surface area contributed by atoms with Gasteiger partial charge in [-0.15, -0.1) is 0 Å². The van der Waals surface area contributed by atoms with Crippen molar-refractivity contribution in [1.29, 1.82) is 0 Å². The molecule has 4 nitrogen and oxygen atoms in total. The first-order chi connectivity index (χ1) is 14.1. The maximum atomic E-state index is 13.2. The molecular formula is C25H25NO3. The lowest BCUT2D eigenvalue weighted by atomic mass is 10.0. The Hall–Kier alpha value is -3.53. The van der Waals surface area contributed by atoms with E-state index in [9.17, 15) is 4.79 Å². The molecule has 1 atom stereocenters. The maximum absolute atomic E-state index is 13.2. The topological polar surface area (TPSA) is 47.6 Å². The van der Waals surface area contributed by atoms with E-state index >= 15 is 0 Å². The number of benzene rings is 3. The van der Waals surface area contributed by atoms with Gasteiger partial charge in [0, 0.05) is 5.57 Å². The van der Waals surface area contributed by atoms with E-state index in [1.165, 1.54) is 0 Å². The van der Waals surface area contributed by atoms with Crippen molar-refractivity contribution in [3.63, 3.8) is 0 Å². The van der Waals surface area contributed by atoms with Crippen LogP contribution in [0, 0.1) is 0 Å². The molecule has 0 aliphatic carbocycles. The number of amides is 1. The summed E-state index contributed by atoms with van der Waals surface area (Å²) < 4.78 is 10.7. The van der Waals surface area contributed by atoms with Crippen LogP contribution in [0.3, 0.4) is 0 Å². The van der Waals surface area contributed by atoms with Gasteiger partial charge in [0.1, 0.15) is 0 Å². The number of methoxy groups -OCH3 is 2. The zero-order valence-corrected chi connectivity index (χ0v) is 16.9. The summed E-state index contributed by atoms with van der Waals surface area (Å²) in [7, 11) is 3.20. The van der Waals surface area contributed by atoms with Crippen molar-refractivity contribution in [2.75, 3.05) is 14.2 Å². The summed E-state index contributed by atoms with van der Waals surface area (Å²) in [6.45, 7) is 1.95. The van der Waals surface area contributed by atoms with Crippen LogP contribution >= 0.6 is 0 Å². The van der Waals surface area contributed by atoms with Gasteiger partial charge >= 0.3 is 0 Å². The zero-order valence-electron chi connectivity index (χ0n) is 16.9. The van der Waals surface area contributed by atoms with E-state index in [0.29, 0.717) is 17.1 Å². The predicted octanol–water partition coefficient (Wildman–Crippen LogP) is 5.12. The summed E-state index contributed by atoms with van der Waals surface area (Å²) in [4.78, 5) is 13.2. The third-order valence-electron chi connectivity index (χ3n) is 4.70. The Balaban J connectivity index is 1.88. The van der Waals surface area contributed by atoms with Crippen LogP contribution in [0.1, 0.15) is 29.7 Å². The molecule has 0 aliphatic heterocycles. The Bertz CT molecular complexity index is 981. The maximum Gasteiger partial charge on any atom is 0.252 e. The van der Waals surface area contributed by atoms with Crippen molar-refractivity contribution in [1.82, 2.24) is 5.32 Å². The fourth-order valence-corrected chi connectivity index (χ4v) is 3.09. The lowest BCUT2D eigenvalue weighted by molar-refractivity contribution is -0.116. The number of rotatable bonds is 7. The highest BCUT2D eigenvalue weighted by atomic mass is 16.5. The summed E-state index contributed by atoms with van der Waals surface area (Å²) in [6, 6.07) is 25.0. The van der Waals surface area contributed by atoms with Crippen molar-refractivity contribution in [3.05, 3.63) is 95.6 Å². The Morgan fingerprint density at radius 1 is 0.862 bits per heavy atom. The Morgan fingerprint density at radius 2 is 1.48 bits per heavy atom. The molecule has 0 radical (unpaired) electrons. The fraction of sp³-hybridized carbons (Fsp3) is 0.160. The van der Waals surface area contributed by atoms with E-state index in [-0.39, 0.29) is 11.9 Å². The van der Waals surface area contributed by atoms with Gasteiger partial charge in [-0.1, -0.05) is 66.7 Å². The summed E-state index contributed by atoms with van der Waals surface area (Å²) in [6.07, 6.45) is 1.91. The van der Waals surface area contributed by atoms with Crippen LogP contribution in [0.4, 0.5) is 0 Å². The van der Waals surface area contributed by atoms with E-state index in [1.807, 2.05) is 91.9 Å². The molecule has 0 fully saturated rings. The fourth-order valence-electron chi connectivity index (χ4n) is 3.09. The second-order valence-corrected chi connectivity index (χ2v) is 6.64. The van der Waals surface area contributed by atoms with Gasteiger partial charge in [-0.3, -0.25) is 4.79 Å². The highest BCUT2D eigenvalue weighted by Gasteiger charge is 2.17. The average Bonchev–Trinajstić information content (AvgIpc) is 2.78. The minimum atomic E-state index is -0.204. The highest BCUT2D eigenvalue weighted by molar-refractivity contribution is 6.24. The van der Waals surface area contributed by atoms with Gasteiger partial charge in [-0.25, -0.2) is 0 Å². The predicted molar refractivity (Wildman–Crippen MR) is 117 cm³/mol. The SMILES string of the molecule is COc1ccc(C(C)NC(=O)/C(=C/c2ccccc2)c2ccccc2)cc1OC. The first-order valence-corrected chi connectivity index (χ1v) is 9.47. The van der Waals surface area contributed by atoms with Crippen LogP contribution in [-0.2, 0) is 4.79 Å². The first-order valence-electron chi connectivity index (χ1n) is 9.47. The van der Waals surface area contributed by atoms with E-state index in [2.05, 4.69) is 5.32 Å². The average molecular weight is 387 g/mol. The molecule has 0 aromatic heterocycles. The standard InChI is InChI=1S/C25H25NO3/c1-18(21-14-15-23(28-2)24(17-21)29-3)26-25(27)22(20-12-8-5-9-13-20)16-19-10-6-4-7-11-19/h4-18H,1-3H3,(H,26,27)/b22-16+. The molecule has 0 saturated carbocycles.